The third-order valence-electron chi connectivity index (χ3n) is 3.25. The lowest BCUT2D eigenvalue weighted by Gasteiger charge is -2.13. The molecule has 19 heavy (non-hydrogen) atoms. The fourth-order valence-corrected chi connectivity index (χ4v) is 3.19. The summed E-state index contributed by atoms with van der Waals surface area (Å²) in [5, 5.41) is 14.3. The molecule has 6 heteroatoms. The van der Waals surface area contributed by atoms with E-state index in [1.165, 1.54) is 6.33 Å². The van der Waals surface area contributed by atoms with Gasteiger partial charge in [-0.25, -0.2) is 9.97 Å². The molecule has 2 unspecified atom stereocenters. The molecule has 0 aromatic carbocycles. The summed E-state index contributed by atoms with van der Waals surface area (Å²) in [6.07, 6.45) is 5.73. The number of carboxylic acid groups (broad SMARTS) is 1. The summed E-state index contributed by atoms with van der Waals surface area (Å²) in [5.74, 6) is -0.399. The number of hydrogen-bond acceptors (Lipinski definition) is 5. The van der Waals surface area contributed by atoms with Crippen molar-refractivity contribution in [2.24, 2.45) is 5.92 Å². The van der Waals surface area contributed by atoms with Crippen LogP contribution in [-0.4, -0.2) is 27.1 Å². The lowest BCUT2D eigenvalue weighted by atomic mass is 10.1. The van der Waals surface area contributed by atoms with Crippen LogP contribution in [0.2, 0.25) is 0 Å². The summed E-state index contributed by atoms with van der Waals surface area (Å²) in [7, 11) is 0. The van der Waals surface area contributed by atoms with Gasteiger partial charge in [0.15, 0.2) is 0 Å². The molecular weight excluding hydrogens is 262 g/mol. The van der Waals surface area contributed by atoms with E-state index in [2.05, 4.69) is 20.7 Å². The number of hydrogen-bond donors (Lipinski definition) is 2. The number of anilines is 1. The van der Waals surface area contributed by atoms with Gasteiger partial charge in [0.05, 0.1) is 16.1 Å². The number of carbonyl (C=O) groups is 1. The Morgan fingerprint density at radius 3 is 3.05 bits per heavy atom. The number of aryl methyl sites for hydroxylation is 1. The molecule has 0 bridgehead atoms. The Morgan fingerprint density at radius 1 is 1.47 bits per heavy atom. The summed E-state index contributed by atoms with van der Waals surface area (Å²) >= 11 is 1.60. The smallest absolute Gasteiger partial charge is 0.310 e. The van der Waals surface area contributed by atoms with E-state index >= 15 is 0 Å². The van der Waals surface area contributed by atoms with Gasteiger partial charge in [0.1, 0.15) is 12.1 Å². The lowest BCUT2D eigenvalue weighted by molar-refractivity contribution is -0.140. The van der Waals surface area contributed by atoms with E-state index in [0.717, 1.165) is 21.6 Å². The van der Waals surface area contributed by atoms with Crippen LogP contribution in [0.4, 0.5) is 5.82 Å². The van der Waals surface area contributed by atoms with Crippen LogP contribution in [0.1, 0.15) is 12.0 Å². The second kappa shape index (κ2) is 4.62. The van der Waals surface area contributed by atoms with Crippen molar-refractivity contribution in [1.82, 2.24) is 9.97 Å². The third kappa shape index (κ3) is 2.19. The second-order valence-corrected chi connectivity index (χ2v) is 5.51. The molecule has 0 aliphatic heterocycles. The zero-order valence-electron chi connectivity index (χ0n) is 10.3. The standard InChI is InChI=1S/C13H13N3O2S/c1-7-5-19-11-10(7)14-6-15-12(11)16-9-3-2-8(4-9)13(17)18/h2-3,5-6,8-9H,4H2,1H3,(H,17,18)(H,14,15,16). The molecule has 2 heterocycles. The Hall–Kier alpha value is -1.95. The SMILES string of the molecule is Cc1csc2c(NC3C=CC(C(=O)O)C3)ncnc12. The minimum atomic E-state index is -0.777. The van der Waals surface area contributed by atoms with Crippen molar-refractivity contribution in [3.8, 4) is 0 Å². The zero-order valence-corrected chi connectivity index (χ0v) is 11.1. The average Bonchev–Trinajstić information content (AvgIpc) is 2.98. The molecular formula is C13H13N3O2S. The Balaban J connectivity index is 1.83. The Morgan fingerprint density at radius 2 is 2.32 bits per heavy atom. The zero-order chi connectivity index (χ0) is 13.4. The molecule has 0 fully saturated rings. The molecule has 0 saturated heterocycles. The van der Waals surface area contributed by atoms with Crippen molar-refractivity contribution < 1.29 is 9.90 Å². The molecule has 3 rings (SSSR count). The largest absolute Gasteiger partial charge is 0.481 e. The van der Waals surface area contributed by atoms with Gasteiger partial charge in [-0.05, 0) is 24.3 Å². The molecule has 0 radical (unpaired) electrons. The average molecular weight is 275 g/mol. The first-order valence-corrected chi connectivity index (χ1v) is 6.89. The highest BCUT2D eigenvalue weighted by Crippen LogP contribution is 2.30. The molecule has 1 aliphatic rings. The van der Waals surface area contributed by atoms with E-state index in [1.807, 2.05) is 13.0 Å². The van der Waals surface area contributed by atoms with Gasteiger partial charge in [-0.1, -0.05) is 12.2 Å². The number of carboxylic acids is 1. The summed E-state index contributed by atoms with van der Waals surface area (Å²) < 4.78 is 1.02. The lowest BCUT2D eigenvalue weighted by Crippen LogP contribution is -2.19. The van der Waals surface area contributed by atoms with Gasteiger partial charge in [0, 0.05) is 6.04 Å². The molecule has 98 valence electrons. The highest BCUT2D eigenvalue weighted by Gasteiger charge is 2.25. The van der Waals surface area contributed by atoms with Crippen LogP contribution in [0.15, 0.2) is 23.9 Å². The van der Waals surface area contributed by atoms with Crippen LogP contribution in [0.25, 0.3) is 10.2 Å². The highest BCUT2D eigenvalue weighted by molar-refractivity contribution is 7.18. The Labute approximate surface area is 114 Å². The van der Waals surface area contributed by atoms with Crippen LogP contribution < -0.4 is 5.32 Å². The monoisotopic (exact) mass is 275 g/mol. The minimum absolute atomic E-state index is 0.0154. The third-order valence-corrected chi connectivity index (χ3v) is 4.35. The fraction of sp³-hybridized carbons (Fsp3) is 0.308. The maximum atomic E-state index is 10.9. The predicted octanol–water partition coefficient (Wildman–Crippen LogP) is 2.44. The van der Waals surface area contributed by atoms with Crippen LogP contribution in [0.5, 0.6) is 0 Å². The van der Waals surface area contributed by atoms with Crippen molar-refractivity contribution in [3.05, 3.63) is 29.4 Å². The molecule has 5 nitrogen and oxygen atoms in total. The van der Waals surface area contributed by atoms with E-state index in [-0.39, 0.29) is 6.04 Å². The summed E-state index contributed by atoms with van der Waals surface area (Å²) in [6.45, 7) is 2.02. The van der Waals surface area contributed by atoms with Crippen molar-refractivity contribution in [2.45, 2.75) is 19.4 Å². The number of nitrogens with zero attached hydrogens (tertiary/aromatic N) is 2. The maximum absolute atomic E-state index is 10.9. The Bertz CT molecular complexity index is 665. The van der Waals surface area contributed by atoms with Crippen LogP contribution in [-0.2, 0) is 4.79 Å². The molecule has 0 amide bonds. The molecule has 0 spiro atoms. The normalized spacial score (nSPS) is 21.9. The topological polar surface area (TPSA) is 75.1 Å². The summed E-state index contributed by atoms with van der Waals surface area (Å²) in [4.78, 5) is 19.4. The summed E-state index contributed by atoms with van der Waals surface area (Å²) in [6, 6.07) is 0.0154. The van der Waals surface area contributed by atoms with Gasteiger partial charge in [0.2, 0.25) is 0 Å². The first kappa shape index (κ1) is 12.1. The van der Waals surface area contributed by atoms with Crippen molar-refractivity contribution in [1.29, 1.82) is 0 Å². The number of rotatable bonds is 3. The molecule has 1 aliphatic carbocycles. The molecule has 2 atom stereocenters. The van der Waals surface area contributed by atoms with Gasteiger partial charge < -0.3 is 10.4 Å². The minimum Gasteiger partial charge on any atom is -0.481 e. The highest BCUT2D eigenvalue weighted by atomic mass is 32.1. The number of thiophene rings is 1. The van der Waals surface area contributed by atoms with E-state index in [1.54, 1.807) is 17.4 Å². The first-order valence-electron chi connectivity index (χ1n) is 6.01. The molecule has 2 aromatic heterocycles. The predicted molar refractivity (Wildman–Crippen MR) is 74.4 cm³/mol. The van der Waals surface area contributed by atoms with E-state index in [0.29, 0.717) is 6.42 Å². The van der Waals surface area contributed by atoms with Crippen molar-refractivity contribution in [2.75, 3.05) is 5.32 Å². The first-order chi connectivity index (χ1) is 9.15. The fourth-order valence-electron chi connectivity index (χ4n) is 2.24. The van der Waals surface area contributed by atoms with Gasteiger partial charge in [-0.2, -0.15) is 0 Å². The number of nitrogens with one attached hydrogen (secondary N) is 1. The van der Waals surface area contributed by atoms with Crippen LogP contribution in [0.3, 0.4) is 0 Å². The van der Waals surface area contributed by atoms with E-state index in [9.17, 15) is 4.79 Å². The van der Waals surface area contributed by atoms with Crippen LogP contribution >= 0.6 is 11.3 Å². The van der Waals surface area contributed by atoms with Gasteiger partial charge in [-0.15, -0.1) is 11.3 Å². The number of aromatic nitrogens is 2. The summed E-state index contributed by atoms with van der Waals surface area (Å²) in [5.41, 5.74) is 2.09. The molecule has 0 saturated carbocycles. The quantitative estimate of drug-likeness (QED) is 0.841. The van der Waals surface area contributed by atoms with E-state index in [4.69, 9.17) is 5.11 Å². The van der Waals surface area contributed by atoms with E-state index < -0.39 is 11.9 Å². The molecule has 2 N–H and O–H groups in total. The number of fused-ring (bicyclic) bond motifs is 1. The molecule has 2 aromatic rings. The van der Waals surface area contributed by atoms with Gasteiger partial charge >= 0.3 is 5.97 Å². The second-order valence-electron chi connectivity index (χ2n) is 4.63. The van der Waals surface area contributed by atoms with Gasteiger partial charge in [0.25, 0.3) is 0 Å². The van der Waals surface area contributed by atoms with Gasteiger partial charge in [-0.3, -0.25) is 4.79 Å². The number of aliphatic carboxylic acids is 1. The van der Waals surface area contributed by atoms with Crippen LogP contribution in [0, 0.1) is 12.8 Å². The van der Waals surface area contributed by atoms with Crippen molar-refractivity contribution in [3.63, 3.8) is 0 Å². The van der Waals surface area contributed by atoms with Crippen molar-refractivity contribution >= 4 is 33.3 Å². The maximum Gasteiger partial charge on any atom is 0.310 e. The Kier molecular flexibility index (Phi) is 2.94.